The van der Waals surface area contributed by atoms with Crippen LogP contribution in [-0.2, 0) is 29.6 Å². The molecule has 0 unspecified atom stereocenters. The number of rotatable bonds is 9. The third-order valence-corrected chi connectivity index (χ3v) is 7.23. The van der Waals surface area contributed by atoms with Crippen molar-refractivity contribution in [1.29, 1.82) is 0 Å². The number of benzene rings is 1. The lowest BCUT2D eigenvalue weighted by atomic mass is 9.86. The molecule has 1 aromatic heterocycles. The van der Waals surface area contributed by atoms with Crippen LogP contribution >= 0.6 is 11.3 Å². The van der Waals surface area contributed by atoms with E-state index in [2.05, 4.69) is 20.8 Å². The molecule has 0 aliphatic rings. The van der Waals surface area contributed by atoms with E-state index < -0.39 is 16.0 Å². The van der Waals surface area contributed by atoms with Gasteiger partial charge in [-0.25, -0.2) is 17.5 Å². The van der Waals surface area contributed by atoms with Crippen molar-refractivity contribution in [3.63, 3.8) is 0 Å². The number of methoxy groups -OCH3 is 3. The second-order valence-electron chi connectivity index (χ2n) is 7.76. The van der Waals surface area contributed by atoms with E-state index in [9.17, 15) is 13.2 Å². The molecule has 0 aliphatic carbocycles. The average molecular weight is 468 g/mol. The molecule has 170 valence electrons. The molecule has 1 heterocycles. The van der Waals surface area contributed by atoms with Gasteiger partial charge < -0.3 is 14.2 Å². The van der Waals surface area contributed by atoms with Gasteiger partial charge in [0.15, 0.2) is 0 Å². The Labute approximate surface area is 188 Å². The highest BCUT2D eigenvalue weighted by Crippen LogP contribution is 2.34. The van der Waals surface area contributed by atoms with Crippen LogP contribution in [0.1, 0.15) is 41.6 Å². The smallest absolute Gasteiger partial charge is 0.350 e. The second kappa shape index (κ2) is 10.4. The summed E-state index contributed by atoms with van der Waals surface area (Å²) in [6.07, 6.45) is 3.48. The van der Waals surface area contributed by atoms with E-state index >= 15 is 0 Å². The maximum atomic E-state index is 13.7. The SMILES string of the molecule is COCC=Cc1cc(C(C)(C)C)ccc1S(=O)(=O)N(COC)c1ccsc1C(=O)OC. The summed E-state index contributed by atoms with van der Waals surface area (Å²) in [6.45, 7) is 6.27. The minimum absolute atomic E-state index is 0.104. The predicted molar refractivity (Wildman–Crippen MR) is 123 cm³/mol. The van der Waals surface area contributed by atoms with Gasteiger partial charge in [0.05, 0.1) is 24.3 Å². The van der Waals surface area contributed by atoms with Crippen molar-refractivity contribution in [2.24, 2.45) is 0 Å². The molecule has 2 aromatic rings. The molecule has 0 N–H and O–H groups in total. The van der Waals surface area contributed by atoms with E-state index in [1.165, 1.54) is 14.2 Å². The van der Waals surface area contributed by atoms with Gasteiger partial charge >= 0.3 is 5.97 Å². The molecule has 0 amide bonds. The molecule has 0 saturated carbocycles. The Balaban J connectivity index is 2.67. The highest BCUT2D eigenvalue weighted by Gasteiger charge is 2.31. The van der Waals surface area contributed by atoms with Gasteiger partial charge in [-0.2, -0.15) is 0 Å². The van der Waals surface area contributed by atoms with Crippen molar-refractivity contribution in [2.75, 3.05) is 39.0 Å². The van der Waals surface area contributed by atoms with Crippen LogP contribution in [0.5, 0.6) is 0 Å². The van der Waals surface area contributed by atoms with Crippen LogP contribution < -0.4 is 4.31 Å². The van der Waals surface area contributed by atoms with Gasteiger partial charge in [0.25, 0.3) is 10.0 Å². The summed E-state index contributed by atoms with van der Waals surface area (Å²) in [6, 6.07) is 6.83. The Morgan fingerprint density at radius 2 is 1.84 bits per heavy atom. The third-order valence-electron chi connectivity index (χ3n) is 4.53. The molecule has 9 heteroatoms. The summed E-state index contributed by atoms with van der Waals surface area (Å²) < 4.78 is 43.6. The number of carbonyl (C=O) groups excluding carboxylic acids is 1. The molecular formula is C22H29NO6S2. The summed E-state index contributed by atoms with van der Waals surface area (Å²) >= 11 is 1.11. The number of esters is 1. The number of thiophene rings is 1. The van der Waals surface area contributed by atoms with E-state index in [-0.39, 0.29) is 27.6 Å². The highest BCUT2D eigenvalue weighted by atomic mass is 32.2. The van der Waals surface area contributed by atoms with Crippen LogP contribution in [0.15, 0.2) is 40.6 Å². The molecule has 0 radical (unpaired) electrons. The minimum Gasteiger partial charge on any atom is -0.465 e. The van der Waals surface area contributed by atoms with E-state index in [0.717, 1.165) is 21.2 Å². The maximum Gasteiger partial charge on any atom is 0.350 e. The van der Waals surface area contributed by atoms with Crippen LogP contribution in [0.25, 0.3) is 6.08 Å². The fourth-order valence-electron chi connectivity index (χ4n) is 2.90. The standard InChI is InChI=1S/C22H29NO6S2/c1-22(2,3)17-9-10-19(16(14-17)8-7-12-27-4)31(25,26)23(15-28-5)18-11-13-30-20(18)21(24)29-6/h7-11,13-14H,12,15H2,1-6H3. The van der Waals surface area contributed by atoms with Gasteiger partial charge in [0.2, 0.25) is 0 Å². The van der Waals surface area contributed by atoms with Gasteiger partial charge in [-0.3, -0.25) is 0 Å². The zero-order valence-electron chi connectivity index (χ0n) is 18.7. The number of anilines is 1. The highest BCUT2D eigenvalue weighted by molar-refractivity contribution is 7.93. The van der Waals surface area contributed by atoms with Crippen LogP contribution in [0.4, 0.5) is 5.69 Å². The molecule has 7 nitrogen and oxygen atoms in total. The van der Waals surface area contributed by atoms with Crippen LogP contribution in [0.3, 0.4) is 0 Å². The Kier molecular flexibility index (Phi) is 8.41. The maximum absolute atomic E-state index is 13.7. The number of nitrogens with zero attached hydrogens (tertiary/aromatic N) is 1. The van der Waals surface area contributed by atoms with Crippen LogP contribution in [0, 0.1) is 0 Å². The average Bonchev–Trinajstić information content (AvgIpc) is 3.20. The van der Waals surface area contributed by atoms with Gasteiger partial charge in [0, 0.05) is 14.2 Å². The predicted octanol–water partition coefficient (Wildman–Crippen LogP) is 4.29. The van der Waals surface area contributed by atoms with Crippen molar-refractivity contribution < 1.29 is 27.4 Å². The van der Waals surface area contributed by atoms with Crippen molar-refractivity contribution in [3.8, 4) is 0 Å². The molecule has 0 saturated heterocycles. The summed E-state index contributed by atoms with van der Waals surface area (Å²) in [4.78, 5) is 12.5. The van der Waals surface area contributed by atoms with Gasteiger partial charge in [-0.05, 0) is 40.1 Å². The molecule has 0 bridgehead atoms. The van der Waals surface area contributed by atoms with Crippen LogP contribution in [-0.4, -0.2) is 49.1 Å². The minimum atomic E-state index is -4.07. The first-order valence-electron chi connectivity index (χ1n) is 9.55. The first-order valence-corrected chi connectivity index (χ1v) is 11.9. The zero-order valence-corrected chi connectivity index (χ0v) is 20.3. The van der Waals surface area contributed by atoms with E-state index in [1.807, 2.05) is 6.07 Å². The first-order chi connectivity index (χ1) is 14.6. The van der Waals surface area contributed by atoms with E-state index in [0.29, 0.717) is 12.2 Å². The quantitative estimate of drug-likeness (QED) is 0.404. The normalized spacial score (nSPS) is 12.3. The Hall–Kier alpha value is -2.20. The van der Waals surface area contributed by atoms with Gasteiger partial charge in [-0.15, -0.1) is 11.3 Å². The summed E-state index contributed by atoms with van der Waals surface area (Å²) in [5.74, 6) is -0.607. The number of hydrogen-bond acceptors (Lipinski definition) is 7. The third kappa shape index (κ3) is 5.74. The lowest BCUT2D eigenvalue weighted by Crippen LogP contribution is -2.34. The first kappa shape index (κ1) is 25.1. The van der Waals surface area contributed by atoms with Gasteiger partial charge in [0.1, 0.15) is 11.6 Å². The lowest BCUT2D eigenvalue weighted by molar-refractivity contribution is 0.0607. The topological polar surface area (TPSA) is 82.1 Å². The monoisotopic (exact) mass is 467 g/mol. The molecule has 2 rings (SSSR count). The fraction of sp³-hybridized carbons (Fsp3) is 0.409. The van der Waals surface area contributed by atoms with Crippen molar-refractivity contribution in [2.45, 2.75) is 31.1 Å². The molecule has 31 heavy (non-hydrogen) atoms. The molecule has 1 aromatic carbocycles. The summed E-state index contributed by atoms with van der Waals surface area (Å²) in [7, 11) is 0.155. The van der Waals surface area contributed by atoms with Gasteiger partial charge in [-0.1, -0.05) is 39.0 Å². The zero-order chi connectivity index (χ0) is 23.2. The molecule has 0 aliphatic heterocycles. The summed E-state index contributed by atoms with van der Waals surface area (Å²) in [5, 5.41) is 1.64. The molecule has 0 atom stereocenters. The number of hydrogen-bond donors (Lipinski definition) is 0. The summed E-state index contributed by atoms with van der Waals surface area (Å²) in [5.41, 5.74) is 1.57. The molecule has 0 fully saturated rings. The fourth-order valence-corrected chi connectivity index (χ4v) is 5.33. The lowest BCUT2D eigenvalue weighted by Gasteiger charge is -2.26. The Morgan fingerprint density at radius 3 is 2.42 bits per heavy atom. The second-order valence-corrected chi connectivity index (χ2v) is 10.5. The van der Waals surface area contributed by atoms with E-state index in [4.69, 9.17) is 14.2 Å². The Morgan fingerprint density at radius 1 is 1.13 bits per heavy atom. The molecular weight excluding hydrogens is 438 g/mol. The number of sulfonamides is 1. The Bertz CT molecular complexity index is 1030. The van der Waals surface area contributed by atoms with Crippen molar-refractivity contribution in [3.05, 3.63) is 51.7 Å². The molecule has 0 spiro atoms. The van der Waals surface area contributed by atoms with E-state index in [1.54, 1.807) is 42.8 Å². The van der Waals surface area contributed by atoms with Crippen molar-refractivity contribution in [1.82, 2.24) is 0 Å². The van der Waals surface area contributed by atoms with Crippen molar-refractivity contribution >= 4 is 39.1 Å². The van der Waals surface area contributed by atoms with Crippen LogP contribution in [0.2, 0.25) is 0 Å². The number of ether oxygens (including phenoxy) is 3. The number of carbonyl (C=O) groups is 1. The largest absolute Gasteiger partial charge is 0.465 e.